The third-order valence-electron chi connectivity index (χ3n) is 3.08. The van der Waals surface area contributed by atoms with Crippen molar-refractivity contribution >= 4 is 5.91 Å². The van der Waals surface area contributed by atoms with E-state index in [0.717, 1.165) is 0 Å². The zero-order valence-electron chi connectivity index (χ0n) is 12.1. The first-order valence-corrected chi connectivity index (χ1v) is 6.99. The van der Waals surface area contributed by atoms with Gasteiger partial charge in [-0.2, -0.15) is 0 Å². The molecule has 1 amide bonds. The van der Waals surface area contributed by atoms with Gasteiger partial charge in [-0.3, -0.25) is 4.79 Å². The molecule has 3 aromatic rings. The van der Waals surface area contributed by atoms with Crippen molar-refractivity contribution < 1.29 is 22.8 Å². The van der Waals surface area contributed by atoms with Gasteiger partial charge < -0.3 is 18.9 Å². The molecule has 3 rings (SSSR count). The van der Waals surface area contributed by atoms with Crippen molar-refractivity contribution in [1.82, 2.24) is 5.32 Å². The highest BCUT2D eigenvalue weighted by molar-refractivity contribution is 5.77. The molecule has 0 fully saturated rings. The highest BCUT2D eigenvalue weighted by Crippen LogP contribution is 2.22. The number of carbonyl (C=O) groups excluding carboxylic acids is 1. The Bertz CT molecular complexity index is 780. The van der Waals surface area contributed by atoms with Crippen LogP contribution in [0.1, 0.15) is 5.76 Å². The minimum atomic E-state index is -0.505. The molecule has 2 heterocycles. The van der Waals surface area contributed by atoms with Gasteiger partial charge in [0.15, 0.2) is 29.7 Å². The van der Waals surface area contributed by atoms with Gasteiger partial charge in [0.1, 0.15) is 5.76 Å². The van der Waals surface area contributed by atoms with E-state index in [1.807, 2.05) is 0 Å². The quantitative estimate of drug-likeness (QED) is 0.757. The highest BCUT2D eigenvalue weighted by Gasteiger charge is 2.09. The molecule has 0 saturated heterocycles. The average molecular weight is 315 g/mol. The Balaban J connectivity index is 1.49. The second-order valence-electron chi connectivity index (χ2n) is 4.74. The smallest absolute Gasteiger partial charge is 0.258 e. The molecule has 118 valence electrons. The largest absolute Gasteiger partial charge is 0.481 e. The van der Waals surface area contributed by atoms with E-state index in [-0.39, 0.29) is 24.8 Å². The first-order valence-electron chi connectivity index (χ1n) is 6.99. The summed E-state index contributed by atoms with van der Waals surface area (Å²) >= 11 is 0. The lowest BCUT2D eigenvalue weighted by molar-refractivity contribution is -0.123. The van der Waals surface area contributed by atoms with Crippen LogP contribution in [0.3, 0.4) is 0 Å². The van der Waals surface area contributed by atoms with Gasteiger partial charge >= 0.3 is 0 Å². The number of benzene rings is 1. The minimum Gasteiger partial charge on any atom is -0.481 e. The van der Waals surface area contributed by atoms with Gasteiger partial charge in [0, 0.05) is 0 Å². The number of hydrogen-bond donors (Lipinski definition) is 1. The van der Waals surface area contributed by atoms with Crippen LogP contribution in [-0.4, -0.2) is 12.5 Å². The summed E-state index contributed by atoms with van der Waals surface area (Å²) in [5, 5.41) is 2.64. The lowest BCUT2D eigenvalue weighted by Gasteiger charge is -2.07. The van der Waals surface area contributed by atoms with Crippen LogP contribution in [0.15, 0.2) is 63.6 Å². The second-order valence-corrected chi connectivity index (χ2v) is 4.74. The van der Waals surface area contributed by atoms with E-state index in [9.17, 15) is 9.18 Å². The van der Waals surface area contributed by atoms with Gasteiger partial charge in [-0.15, -0.1) is 0 Å². The van der Waals surface area contributed by atoms with E-state index in [1.54, 1.807) is 42.7 Å². The summed E-state index contributed by atoms with van der Waals surface area (Å²) < 4.78 is 29.2. The van der Waals surface area contributed by atoms with Crippen molar-refractivity contribution in [3.8, 4) is 17.3 Å². The third kappa shape index (κ3) is 3.79. The molecule has 23 heavy (non-hydrogen) atoms. The lowest BCUT2D eigenvalue weighted by Crippen LogP contribution is -2.28. The first-order chi connectivity index (χ1) is 11.2. The number of rotatable bonds is 6. The van der Waals surface area contributed by atoms with E-state index in [1.165, 1.54) is 12.1 Å². The van der Waals surface area contributed by atoms with Crippen LogP contribution >= 0.6 is 0 Å². The molecule has 6 heteroatoms. The Kier molecular flexibility index (Phi) is 4.42. The van der Waals surface area contributed by atoms with Gasteiger partial charge in [-0.05, 0) is 36.4 Å². The van der Waals surface area contributed by atoms with Crippen molar-refractivity contribution in [2.75, 3.05) is 6.61 Å². The molecule has 0 radical (unpaired) electrons. The number of ether oxygens (including phenoxy) is 1. The summed E-state index contributed by atoms with van der Waals surface area (Å²) in [6, 6.07) is 13.0. The molecule has 2 aromatic heterocycles. The minimum absolute atomic E-state index is 0.0424. The number of amides is 1. The second kappa shape index (κ2) is 6.83. The molecule has 5 nitrogen and oxygen atoms in total. The van der Waals surface area contributed by atoms with Crippen molar-refractivity contribution in [3.63, 3.8) is 0 Å². The van der Waals surface area contributed by atoms with E-state index in [0.29, 0.717) is 17.3 Å². The van der Waals surface area contributed by atoms with Crippen molar-refractivity contribution in [2.24, 2.45) is 0 Å². The zero-order valence-corrected chi connectivity index (χ0v) is 12.1. The van der Waals surface area contributed by atoms with Gasteiger partial charge in [0.05, 0.1) is 12.8 Å². The fourth-order valence-electron chi connectivity index (χ4n) is 1.97. The SMILES string of the molecule is O=C(COc1ccccc1F)NCc1ccc(-c2ccco2)o1. The maximum absolute atomic E-state index is 13.3. The lowest BCUT2D eigenvalue weighted by atomic mass is 10.3. The topological polar surface area (TPSA) is 64.6 Å². The van der Waals surface area contributed by atoms with Crippen LogP contribution in [0.25, 0.3) is 11.5 Å². The monoisotopic (exact) mass is 315 g/mol. The summed E-state index contributed by atoms with van der Waals surface area (Å²) in [6.45, 7) is -0.0626. The first kappa shape index (κ1) is 14.9. The maximum Gasteiger partial charge on any atom is 0.258 e. The molecular weight excluding hydrogens is 301 g/mol. The number of nitrogens with one attached hydrogen (secondary N) is 1. The molecular formula is C17H14FNO4. The van der Waals surface area contributed by atoms with Crippen LogP contribution in [-0.2, 0) is 11.3 Å². The molecule has 1 N–H and O–H groups in total. The molecule has 0 aliphatic rings. The summed E-state index contributed by atoms with van der Waals surface area (Å²) in [6.07, 6.45) is 1.55. The third-order valence-corrected chi connectivity index (χ3v) is 3.08. The molecule has 0 saturated carbocycles. The van der Waals surface area contributed by atoms with Crippen LogP contribution in [0.5, 0.6) is 5.75 Å². The van der Waals surface area contributed by atoms with E-state index in [4.69, 9.17) is 13.6 Å². The Morgan fingerprint density at radius 2 is 1.96 bits per heavy atom. The Morgan fingerprint density at radius 1 is 1.09 bits per heavy atom. The Morgan fingerprint density at radius 3 is 2.74 bits per heavy atom. The zero-order chi connectivity index (χ0) is 16.1. The normalized spacial score (nSPS) is 10.5. The van der Waals surface area contributed by atoms with Gasteiger partial charge in [0.2, 0.25) is 0 Å². The summed E-state index contributed by atoms with van der Waals surface area (Å²) in [5.41, 5.74) is 0. The summed E-state index contributed by atoms with van der Waals surface area (Å²) in [4.78, 5) is 11.7. The molecule has 1 aromatic carbocycles. The van der Waals surface area contributed by atoms with Crippen molar-refractivity contribution in [3.05, 3.63) is 66.4 Å². The fourth-order valence-corrected chi connectivity index (χ4v) is 1.97. The standard InChI is InChI=1S/C17H14FNO4/c18-13-4-1-2-5-14(13)22-11-17(20)19-10-12-7-8-16(23-12)15-6-3-9-21-15/h1-9H,10-11H2,(H,19,20). The number of para-hydroxylation sites is 1. The fraction of sp³-hybridized carbons (Fsp3) is 0.118. The predicted molar refractivity (Wildman–Crippen MR) is 80.2 cm³/mol. The van der Waals surface area contributed by atoms with Crippen LogP contribution in [0.2, 0.25) is 0 Å². The summed E-state index contributed by atoms with van der Waals surface area (Å²) in [5.74, 6) is 0.947. The molecule has 0 aliphatic carbocycles. The molecule has 0 atom stereocenters. The van der Waals surface area contributed by atoms with Gasteiger partial charge in [-0.25, -0.2) is 4.39 Å². The molecule has 0 aliphatic heterocycles. The van der Waals surface area contributed by atoms with E-state index < -0.39 is 5.82 Å². The van der Waals surface area contributed by atoms with Crippen LogP contribution in [0, 0.1) is 5.82 Å². The number of halogens is 1. The Labute approximate surface area is 131 Å². The van der Waals surface area contributed by atoms with Crippen LogP contribution in [0.4, 0.5) is 4.39 Å². The van der Waals surface area contributed by atoms with Crippen LogP contribution < -0.4 is 10.1 Å². The van der Waals surface area contributed by atoms with E-state index in [2.05, 4.69) is 5.32 Å². The van der Waals surface area contributed by atoms with Crippen molar-refractivity contribution in [2.45, 2.75) is 6.54 Å². The average Bonchev–Trinajstić information content (AvgIpc) is 3.23. The summed E-state index contributed by atoms with van der Waals surface area (Å²) in [7, 11) is 0. The van der Waals surface area contributed by atoms with Gasteiger partial charge in [-0.1, -0.05) is 12.1 Å². The van der Waals surface area contributed by atoms with E-state index >= 15 is 0 Å². The Hall–Kier alpha value is -3.02. The number of hydrogen-bond acceptors (Lipinski definition) is 4. The molecule has 0 unspecified atom stereocenters. The predicted octanol–water partition coefficient (Wildman–Crippen LogP) is 3.37. The van der Waals surface area contributed by atoms with Crippen molar-refractivity contribution in [1.29, 1.82) is 0 Å². The molecule has 0 spiro atoms. The number of furan rings is 2. The maximum atomic E-state index is 13.3. The molecule has 0 bridgehead atoms. The highest BCUT2D eigenvalue weighted by atomic mass is 19.1. The number of carbonyl (C=O) groups is 1. The van der Waals surface area contributed by atoms with Gasteiger partial charge in [0.25, 0.3) is 5.91 Å².